The van der Waals surface area contributed by atoms with E-state index in [0.29, 0.717) is 0 Å². The number of halogens is 6. The Morgan fingerprint density at radius 2 is 1.87 bits per heavy atom. The minimum absolute atomic E-state index is 0.281. The highest BCUT2D eigenvalue weighted by Gasteiger charge is 2.35. The lowest BCUT2D eigenvalue weighted by Gasteiger charge is -2.10. The first-order valence-electron chi connectivity index (χ1n) is 3.48. The third kappa shape index (κ3) is 2.47. The molecule has 0 aromatic carbocycles. The molecule has 1 rings (SSSR count). The van der Waals surface area contributed by atoms with Gasteiger partial charge in [-0.25, -0.2) is 13.8 Å². The Morgan fingerprint density at radius 3 is 2.27 bits per heavy atom. The van der Waals surface area contributed by atoms with Gasteiger partial charge in [0.2, 0.25) is 0 Å². The molecule has 1 heterocycles. The van der Waals surface area contributed by atoms with Gasteiger partial charge in [-0.2, -0.15) is 13.2 Å². The summed E-state index contributed by atoms with van der Waals surface area (Å²) in [6.07, 6.45) is -8.22. The van der Waals surface area contributed by atoms with E-state index in [1.165, 1.54) is 0 Å². The van der Waals surface area contributed by atoms with Gasteiger partial charge >= 0.3 is 6.18 Å². The molecule has 0 spiro atoms. The molecule has 1 N–H and O–H groups in total. The molecule has 0 aliphatic heterocycles. The van der Waals surface area contributed by atoms with E-state index >= 15 is 0 Å². The zero-order valence-electron chi connectivity index (χ0n) is 6.82. The lowest BCUT2D eigenvalue weighted by atomic mass is 10.2. The number of alkyl halides is 5. The average Bonchev–Trinajstić information content (AvgIpc) is 2.06. The molecule has 0 atom stereocenters. The summed E-state index contributed by atoms with van der Waals surface area (Å²) in [6.45, 7) is 0. The Kier molecular flexibility index (Phi) is 3.03. The zero-order valence-corrected chi connectivity index (χ0v) is 7.57. The molecule has 0 unspecified atom stereocenters. The number of aromatic nitrogens is 1. The summed E-state index contributed by atoms with van der Waals surface area (Å²) in [4.78, 5) is 2.59. The van der Waals surface area contributed by atoms with Crippen LogP contribution in [0.15, 0.2) is 6.07 Å². The third-order valence-electron chi connectivity index (χ3n) is 1.47. The first-order valence-corrected chi connectivity index (χ1v) is 3.86. The second-order valence-corrected chi connectivity index (χ2v) is 2.93. The van der Waals surface area contributed by atoms with Gasteiger partial charge in [-0.1, -0.05) is 11.6 Å². The first-order chi connectivity index (χ1) is 6.73. The van der Waals surface area contributed by atoms with Gasteiger partial charge in [0.05, 0.1) is 5.02 Å². The maximum atomic E-state index is 12.1. The number of nitrogens with zero attached hydrogens (tertiary/aromatic N) is 1. The maximum absolute atomic E-state index is 12.1. The van der Waals surface area contributed by atoms with Gasteiger partial charge in [0.15, 0.2) is 11.4 Å². The van der Waals surface area contributed by atoms with Crippen LogP contribution < -0.4 is 0 Å². The van der Waals surface area contributed by atoms with Gasteiger partial charge in [-0.3, -0.25) is 0 Å². The van der Waals surface area contributed by atoms with E-state index in [1.54, 1.807) is 0 Å². The second kappa shape index (κ2) is 3.80. The number of hydrogen-bond donors (Lipinski definition) is 1. The molecule has 0 saturated carbocycles. The highest BCUT2D eigenvalue weighted by Crippen LogP contribution is 2.37. The molecule has 2 nitrogen and oxygen atoms in total. The van der Waals surface area contributed by atoms with E-state index in [9.17, 15) is 22.0 Å². The van der Waals surface area contributed by atoms with Gasteiger partial charge in [0.1, 0.15) is 5.69 Å². The SMILES string of the molecule is Oc1c(Cl)cc(C(F)(F)F)nc1C(F)F. The standard InChI is InChI=1S/C7H3ClF5NO/c8-2-1-3(7(11,12)13)14-4(5(2)15)6(9)10/h1,6,15H. The van der Waals surface area contributed by atoms with E-state index in [4.69, 9.17) is 16.7 Å². The van der Waals surface area contributed by atoms with E-state index in [0.717, 1.165) is 0 Å². The third-order valence-corrected chi connectivity index (χ3v) is 1.76. The van der Waals surface area contributed by atoms with Crippen molar-refractivity contribution in [3.63, 3.8) is 0 Å². The van der Waals surface area contributed by atoms with E-state index in [1.807, 2.05) is 0 Å². The van der Waals surface area contributed by atoms with Crippen LogP contribution in [-0.2, 0) is 6.18 Å². The highest BCUT2D eigenvalue weighted by molar-refractivity contribution is 6.32. The Bertz CT molecular complexity index is 378. The molecule has 0 bridgehead atoms. The normalized spacial score (nSPS) is 12.2. The van der Waals surface area contributed by atoms with Crippen LogP contribution in [0, 0.1) is 0 Å². The smallest absolute Gasteiger partial charge is 0.433 e. The maximum Gasteiger partial charge on any atom is 0.433 e. The molecule has 0 aliphatic carbocycles. The Labute approximate surface area is 85.3 Å². The fraction of sp³-hybridized carbons (Fsp3) is 0.286. The van der Waals surface area contributed by atoms with Crippen molar-refractivity contribution in [2.45, 2.75) is 12.6 Å². The molecule has 1 aromatic rings. The summed E-state index contributed by atoms with van der Waals surface area (Å²) in [5.41, 5.74) is -2.95. The van der Waals surface area contributed by atoms with Crippen LogP contribution in [0.5, 0.6) is 5.75 Å². The average molecular weight is 248 g/mol. The fourth-order valence-corrected chi connectivity index (χ4v) is 1.02. The second-order valence-electron chi connectivity index (χ2n) is 2.52. The Balaban J connectivity index is 3.36. The molecule has 0 radical (unpaired) electrons. The minimum Gasteiger partial charge on any atom is -0.504 e. The lowest BCUT2D eigenvalue weighted by molar-refractivity contribution is -0.141. The van der Waals surface area contributed by atoms with Crippen molar-refractivity contribution in [1.29, 1.82) is 0 Å². The van der Waals surface area contributed by atoms with Crippen LogP contribution in [0.1, 0.15) is 17.8 Å². The monoisotopic (exact) mass is 247 g/mol. The van der Waals surface area contributed by atoms with Gasteiger partial charge in [0.25, 0.3) is 6.43 Å². The fourth-order valence-electron chi connectivity index (χ4n) is 0.823. The Morgan fingerprint density at radius 1 is 1.33 bits per heavy atom. The molecular formula is C7H3ClF5NO. The molecule has 0 amide bonds. The van der Waals surface area contributed by atoms with Gasteiger partial charge in [0, 0.05) is 0 Å². The highest BCUT2D eigenvalue weighted by atomic mass is 35.5. The molecule has 0 saturated heterocycles. The van der Waals surface area contributed by atoms with Gasteiger partial charge in [-0.15, -0.1) is 0 Å². The molecule has 15 heavy (non-hydrogen) atoms. The van der Waals surface area contributed by atoms with E-state index in [-0.39, 0.29) is 6.07 Å². The summed E-state index contributed by atoms with van der Waals surface area (Å²) in [7, 11) is 0. The first kappa shape index (κ1) is 12.0. The van der Waals surface area contributed by atoms with Crippen LogP contribution in [0.4, 0.5) is 22.0 Å². The van der Waals surface area contributed by atoms with Gasteiger partial charge < -0.3 is 5.11 Å². The van der Waals surface area contributed by atoms with Crippen LogP contribution in [-0.4, -0.2) is 10.1 Å². The predicted molar refractivity (Wildman–Crippen MR) is 40.9 cm³/mol. The molecule has 1 aromatic heterocycles. The zero-order chi connectivity index (χ0) is 11.8. The number of rotatable bonds is 1. The summed E-state index contributed by atoms with van der Waals surface area (Å²) < 4.78 is 60.5. The van der Waals surface area contributed by atoms with E-state index < -0.39 is 34.8 Å². The quantitative estimate of drug-likeness (QED) is 0.772. The number of aromatic hydroxyl groups is 1. The topological polar surface area (TPSA) is 33.1 Å². The summed E-state index contributed by atoms with van der Waals surface area (Å²) in [6, 6.07) is 0.281. The van der Waals surface area contributed by atoms with Crippen molar-refractivity contribution in [3.05, 3.63) is 22.5 Å². The van der Waals surface area contributed by atoms with E-state index in [2.05, 4.69) is 4.98 Å². The summed E-state index contributed by atoms with van der Waals surface area (Å²) in [5.74, 6) is -1.14. The predicted octanol–water partition coefficient (Wildman–Crippen LogP) is 3.40. The molecule has 8 heteroatoms. The van der Waals surface area contributed by atoms with Crippen molar-refractivity contribution in [3.8, 4) is 5.75 Å². The van der Waals surface area contributed by atoms with Crippen LogP contribution in [0.3, 0.4) is 0 Å². The molecule has 84 valence electrons. The number of hydrogen-bond acceptors (Lipinski definition) is 2. The van der Waals surface area contributed by atoms with Crippen molar-refractivity contribution < 1.29 is 27.1 Å². The van der Waals surface area contributed by atoms with Crippen LogP contribution >= 0.6 is 11.6 Å². The summed E-state index contributed by atoms with van der Waals surface area (Å²) in [5, 5.41) is 8.10. The van der Waals surface area contributed by atoms with Crippen molar-refractivity contribution in [2.24, 2.45) is 0 Å². The van der Waals surface area contributed by atoms with Crippen LogP contribution in [0.2, 0.25) is 5.02 Å². The number of pyridine rings is 1. The van der Waals surface area contributed by atoms with Gasteiger partial charge in [-0.05, 0) is 6.07 Å². The lowest BCUT2D eigenvalue weighted by Crippen LogP contribution is -2.10. The largest absolute Gasteiger partial charge is 0.504 e. The van der Waals surface area contributed by atoms with Crippen molar-refractivity contribution in [2.75, 3.05) is 0 Å². The molecule has 0 fully saturated rings. The van der Waals surface area contributed by atoms with Crippen molar-refractivity contribution in [1.82, 2.24) is 4.98 Å². The van der Waals surface area contributed by atoms with Crippen molar-refractivity contribution >= 4 is 11.6 Å². The Hall–Kier alpha value is -1.11. The molecular weight excluding hydrogens is 245 g/mol. The van der Waals surface area contributed by atoms with Crippen LogP contribution in [0.25, 0.3) is 0 Å². The minimum atomic E-state index is -4.89. The molecule has 0 aliphatic rings. The summed E-state index contributed by atoms with van der Waals surface area (Å²) >= 11 is 5.15.